The lowest BCUT2D eigenvalue weighted by Gasteiger charge is -2.27. The third-order valence-electron chi connectivity index (χ3n) is 5.18. The number of esters is 1. The summed E-state index contributed by atoms with van der Waals surface area (Å²) < 4.78 is 10.5. The molecule has 0 aromatic heterocycles. The van der Waals surface area contributed by atoms with Gasteiger partial charge >= 0.3 is 5.97 Å². The summed E-state index contributed by atoms with van der Waals surface area (Å²) in [7, 11) is 1.60. The van der Waals surface area contributed by atoms with Gasteiger partial charge in [0.15, 0.2) is 0 Å². The van der Waals surface area contributed by atoms with E-state index in [4.69, 9.17) is 9.47 Å². The number of benzene rings is 1. The standard InChI is InChI=1S/C16H16BrNO4/c1-21-8-4-2-7(3-5-8)18-15(19)11-9-6-10-12(11)16(20)22-14(10)13(9)17/h2-5,9-14H,6H2,1H3,(H,18,19)/t9-,10-,11-,12-,13+,14+/m1/s1. The van der Waals surface area contributed by atoms with E-state index in [1.54, 1.807) is 31.4 Å². The maximum absolute atomic E-state index is 12.7. The Morgan fingerprint density at radius 1 is 1.32 bits per heavy atom. The monoisotopic (exact) mass is 365 g/mol. The van der Waals surface area contributed by atoms with Crippen molar-refractivity contribution in [2.75, 3.05) is 12.4 Å². The number of halogens is 1. The summed E-state index contributed by atoms with van der Waals surface area (Å²) in [5.41, 5.74) is 0.711. The van der Waals surface area contributed by atoms with E-state index < -0.39 is 0 Å². The smallest absolute Gasteiger partial charge is 0.310 e. The van der Waals surface area contributed by atoms with Gasteiger partial charge in [-0.2, -0.15) is 0 Å². The fourth-order valence-electron chi connectivity index (χ4n) is 4.23. The van der Waals surface area contributed by atoms with Crippen LogP contribution in [0, 0.1) is 23.7 Å². The van der Waals surface area contributed by atoms with E-state index in [-0.39, 0.29) is 46.5 Å². The van der Waals surface area contributed by atoms with Gasteiger partial charge in [-0.1, -0.05) is 15.9 Å². The van der Waals surface area contributed by atoms with E-state index in [1.165, 1.54) is 0 Å². The molecule has 2 aliphatic carbocycles. The van der Waals surface area contributed by atoms with Gasteiger partial charge in [-0.3, -0.25) is 9.59 Å². The predicted molar refractivity (Wildman–Crippen MR) is 82.8 cm³/mol. The first-order chi connectivity index (χ1) is 10.6. The van der Waals surface area contributed by atoms with Crippen molar-refractivity contribution < 1.29 is 19.1 Å². The molecule has 1 saturated heterocycles. The molecule has 4 rings (SSSR count). The number of rotatable bonds is 3. The molecule has 1 aliphatic heterocycles. The second kappa shape index (κ2) is 4.98. The van der Waals surface area contributed by atoms with Crippen LogP contribution in [-0.4, -0.2) is 29.9 Å². The molecule has 22 heavy (non-hydrogen) atoms. The molecule has 0 radical (unpaired) electrons. The van der Waals surface area contributed by atoms with Crippen molar-refractivity contribution >= 4 is 33.5 Å². The largest absolute Gasteiger partial charge is 0.497 e. The highest BCUT2D eigenvalue weighted by Crippen LogP contribution is 2.60. The van der Waals surface area contributed by atoms with Gasteiger partial charge in [0, 0.05) is 11.6 Å². The minimum absolute atomic E-state index is 0.0486. The Bertz CT molecular complexity index is 632. The van der Waals surface area contributed by atoms with E-state index in [1.807, 2.05) is 0 Å². The average molecular weight is 366 g/mol. The van der Waals surface area contributed by atoms with Crippen molar-refractivity contribution in [3.63, 3.8) is 0 Å². The SMILES string of the molecule is COc1ccc(NC(=O)[C@@H]2[C@H]3C[C@H]4[C@H](OC(=O)[C@H]42)[C@H]3Br)cc1. The van der Waals surface area contributed by atoms with Crippen LogP contribution in [0.2, 0.25) is 0 Å². The Balaban J connectivity index is 1.54. The number of ether oxygens (including phenoxy) is 2. The van der Waals surface area contributed by atoms with Crippen LogP contribution in [0.15, 0.2) is 24.3 Å². The summed E-state index contributed by atoms with van der Waals surface area (Å²) in [4.78, 5) is 24.8. The van der Waals surface area contributed by atoms with E-state index in [0.29, 0.717) is 5.69 Å². The van der Waals surface area contributed by atoms with E-state index in [9.17, 15) is 9.59 Å². The summed E-state index contributed by atoms with van der Waals surface area (Å²) in [5, 5.41) is 2.92. The quantitative estimate of drug-likeness (QED) is 0.658. The van der Waals surface area contributed by atoms with Gasteiger partial charge in [-0.25, -0.2) is 0 Å². The first kappa shape index (κ1) is 14.1. The van der Waals surface area contributed by atoms with Crippen LogP contribution in [-0.2, 0) is 14.3 Å². The normalized spacial score (nSPS) is 38.0. The Hall–Kier alpha value is -1.56. The highest BCUT2D eigenvalue weighted by Gasteiger charge is 2.67. The number of hydrogen-bond acceptors (Lipinski definition) is 4. The number of fused-ring (bicyclic) bond motifs is 1. The van der Waals surface area contributed by atoms with Crippen molar-refractivity contribution in [3.8, 4) is 5.75 Å². The first-order valence-corrected chi connectivity index (χ1v) is 8.31. The van der Waals surface area contributed by atoms with Crippen molar-refractivity contribution in [2.45, 2.75) is 17.4 Å². The highest BCUT2D eigenvalue weighted by atomic mass is 79.9. The van der Waals surface area contributed by atoms with E-state index in [2.05, 4.69) is 21.2 Å². The number of anilines is 1. The van der Waals surface area contributed by atoms with Gasteiger partial charge < -0.3 is 14.8 Å². The Kier molecular flexibility index (Phi) is 3.18. The molecule has 1 aromatic carbocycles. The van der Waals surface area contributed by atoms with Crippen molar-refractivity contribution in [2.24, 2.45) is 23.7 Å². The fraction of sp³-hybridized carbons (Fsp3) is 0.500. The number of carbonyl (C=O) groups excluding carboxylic acids is 2. The van der Waals surface area contributed by atoms with E-state index >= 15 is 0 Å². The Morgan fingerprint density at radius 3 is 2.73 bits per heavy atom. The van der Waals surface area contributed by atoms with Crippen LogP contribution < -0.4 is 10.1 Å². The average Bonchev–Trinajstić information content (AvgIpc) is 3.12. The summed E-state index contributed by atoms with van der Waals surface area (Å²) >= 11 is 3.62. The molecule has 1 aromatic rings. The third kappa shape index (κ3) is 1.89. The lowest BCUT2D eigenvalue weighted by Crippen LogP contribution is -2.40. The predicted octanol–water partition coefficient (Wildman–Crippen LogP) is 2.20. The molecule has 6 heteroatoms. The van der Waals surface area contributed by atoms with Gasteiger partial charge in [0.05, 0.1) is 23.8 Å². The molecule has 3 fully saturated rings. The van der Waals surface area contributed by atoms with Gasteiger partial charge in [0.25, 0.3) is 0 Å². The molecule has 2 saturated carbocycles. The van der Waals surface area contributed by atoms with Gasteiger partial charge in [-0.05, 0) is 36.6 Å². The van der Waals surface area contributed by atoms with Crippen molar-refractivity contribution in [1.82, 2.24) is 0 Å². The lowest BCUT2D eigenvalue weighted by atomic mass is 9.79. The van der Waals surface area contributed by atoms with Crippen LogP contribution >= 0.6 is 15.9 Å². The molecule has 5 nitrogen and oxygen atoms in total. The van der Waals surface area contributed by atoms with Crippen LogP contribution in [0.5, 0.6) is 5.75 Å². The second-order valence-corrected chi connectivity index (χ2v) is 7.24. The molecule has 2 bridgehead atoms. The zero-order chi connectivity index (χ0) is 15.4. The molecule has 6 atom stereocenters. The fourth-order valence-corrected chi connectivity index (χ4v) is 5.28. The summed E-state index contributed by atoms with van der Waals surface area (Å²) in [6, 6.07) is 7.18. The van der Waals surface area contributed by atoms with Crippen molar-refractivity contribution in [3.05, 3.63) is 24.3 Å². The lowest BCUT2D eigenvalue weighted by molar-refractivity contribution is -0.145. The number of carbonyl (C=O) groups is 2. The first-order valence-electron chi connectivity index (χ1n) is 7.39. The van der Waals surface area contributed by atoms with Crippen molar-refractivity contribution in [1.29, 1.82) is 0 Å². The molecule has 1 amide bonds. The highest BCUT2D eigenvalue weighted by molar-refractivity contribution is 9.09. The Morgan fingerprint density at radius 2 is 2.05 bits per heavy atom. The van der Waals surface area contributed by atoms with Gasteiger partial charge in [-0.15, -0.1) is 0 Å². The number of amides is 1. The number of alkyl halides is 1. The van der Waals surface area contributed by atoms with Crippen LogP contribution in [0.25, 0.3) is 0 Å². The number of nitrogens with one attached hydrogen (secondary N) is 1. The van der Waals surface area contributed by atoms with Gasteiger partial charge in [0.1, 0.15) is 11.9 Å². The molecular formula is C16H16BrNO4. The maximum atomic E-state index is 12.7. The van der Waals surface area contributed by atoms with Gasteiger partial charge in [0.2, 0.25) is 5.91 Å². The van der Waals surface area contributed by atoms with E-state index in [0.717, 1.165) is 12.2 Å². The molecule has 116 valence electrons. The zero-order valence-corrected chi connectivity index (χ0v) is 13.6. The third-order valence-corrected chi connectivity index (χ3v) is 6.38. The molecule has 1 N–H and O–H groups in total. The molecule has 3 aliphatic rings. The number of methoxy groups -OCH3 is 1. The molecule has 0 unspecified atom stereocenters. The minimum atomic E-state index is -0.303. The minimum Gasteiger partial charge on any atom is -0.497 e. The zero-order valence-electron chi connectivity index (χ0n) is 12.0. The van der Waals surface area contributed by atoms with Crippen LogP contribution in [0.4, 0.5) is 5.69 Å². The summed E-state index contributed by atoms with van der Waals surface area (Å²) in [6.45, 7) is 0. The maximum Gasteiger partial charge on any atom is 0.310 e. The molecular weight excluding hydrogens is 350 g/mol. The van der Waals surface area contributed by atoms with Crippen LogP contribution in [0.3, 0.4) is 0 Å². The van der Waals surface area contributed by atoms with Crippen LogP contribution in [0.1, 0.15) is 6.42 Å². The second-order valence-electron chi connectivity index (χ2n) is 6.18. The molecule has 0 spiro atoms. The summed E-state index contributed by atoms with van der Waals surface area (Å²) in [6.07, 6.45) is 0.838. The summed E-state index contributed by atoms with van der Waals surface area (Å²) in [5.74, 6) is 0.211. The molecule has 1 heterocycles. The number of hydrogen-bond donors (Lipinski definition) is 1. The topological polar surface area (TPSA) is 64.6 Å². The Labute approximate surface area is 136 Å².